The van der Waals surface area contributed by atoms with Crippen LogP contribution >= 0.6 is 11.8 Å². The topological polar surface area (TPSA) is 46.3 Å². The minimum absolute atomic E-state index is 0.213. The largest absolute Gasteiger partial charge is 0.341 e. The Morgan fingerprint density at radius 1 is 1.57 bits per heavy atom. The molecule has 0 saturated carbocycles. The lowest BCUT2D eigenvalue weighted by molar-refractivity contribution is -0.130. The quantitative estimate of drug-likeness (QED) is 0.700. The number of nitrogens with two attached hydrogens (primary N) is 1. The van der Waals surface area contributed by atoms with Gasteiger partial charge >= 0.3 is 0 Å². The summed E-state index contributed by atoms with van der Waals surface area (Å²) in [4.78, 5) is 13.5. The molecule has 0 aromatic rings. The van der Waals surface area contributed by atoms with Crippen LogP contribution < -0.4 is 5.73 Å². The van der Waals surface area contributed by atoms with Gasteiger partial charge in [-0.1, -0.05) is 0 Å². The maximum absolute atomic E-state index is 11.6. The average molecular weight is 216 g/mol. The number of rotatable bonds is 5. The summed E-state index contributed by atoms with van der Waals surface area (Å²) < 4.78 is 0. The number of likely N-dealkylation sites (tertiary alicyclic amines) is 1. The first kappa shape index (κ1) is 11.9. The summed E-state index contributed by atoms with van der Waals surface area (Å²) in [7, 11) is 0. The highest BCUT2D eigenvalue weighted by Gasteiger charge is 2.22. The fraction of sp³-hybridized carbons (Fsp3) is 0.900. The van der Waals surface area contributed by atoms with Crippen molar-refractivity contribution in [3.8, 4) is 0 Å². The van der Waals surface area contributed by atoms with E-state index in [1.807, 2.05) is 16.7 Å². The molecule has 0 spiro atoms. The zero-order valence-electron chi connectivity index (χ0n) is 8.87. The van der Waals surface area contributed by atoms with Crippen LogP contribution in [-0.2, 0) is 4.79 Å². The highest BCUT2D eigenvalue weighted by atomic mass is 32.2. The summed E-state index contributed by atoms with van der Waals surface area (Å²) in [6, 6.07) is 0.213. The third-order valence-electron chi connectivity index (χ3n) is 2.57. The monoisotopic (exact) mass is 216 g/mol. The maximum atomic E-state index is 11.6. The molecule has 1 fully saturated rings. The Balaban J connectivity index is 2.09. The molecule has 0 bridgehead atoms. The van der Waals surface area contributed by atoms with Crippen molar-refractivity contribution in [2.24, 2.45) is 5.73 Å². The molecule has 14 heavy (non-hydrogen) atoms. The minimum Gasteiger partial charge on any atom is -0.341 e. The Hall–Kier alpha value is -0.220. The van der Waals surface area contributed by atoms with Gasteiger partial charge in [-0.05, 0) is 31.3 Å². The predicted octanol–water partition coefficient (Wildman–Crippen LogP) is 1.08. The number of hydrogen-bond donors (Lipinski definition) is 1. The Morgan fingerprint density at radius 2 is 2.36 bits per heavy atom. The summed E-state index contributed by atoms with van der Waals surface area (Å²) >= 11 is 1.84. The second-order valence-corrected chi connectivity index (χ2v) is 4.82. The summed E-state index contributed by atoms with van der Waals surface area (Å²) in [5, 5.41) is 0. The van der Waals surface area contributed by atoms with Crippen molar-refractivity contribution >= 4 is 17.7 Å². The third-order valence-corrected chi connectivity index (χ3v) is 3.26. The predicted molar refractivity (Wildman–Crippen MR) is 61.4 cm³/mol. The molecule has 4 heteroatoms. The molecule has 1 atom stereocenters. The summed E-state index contributed by atoms with van der Waals surface area (Å²) in [5.74, 6) is 1.45. The van der Waals surface area contributed by atoms with E-state index in [2.05, 4.69) is 6.26 Å². The number of thioether (sulfide) groups is 1. The zero-order chi connectivity index (χ0) is 10.4. The molecule has 1 rings (SSSR count). The molecule has 82 valence electrons. The van der Waals surface area contributed by atoms with Gasteiger partial charge in [0.15, 0.2) is 0 Å². The smallest absolute Gasteiger partial charge is 0.222 e. The number of unbranched alkanes of at least 4 members (excludes halogenated alkanes) is 1. The van der Waals surface area contributed by atoms with E-state index >= 15 is 0 Å². The van der Waals surface area contributed by atoms with Crippen LogP contribution in [0.4, 0.5) is 0 Å². The van der Waals surface area contributed by atoms with Crippen LogP contribution in [-0.4, -0.2) is 41.9 Å². The Morgan fingerprint density at radius 3 is 2.93 bits per heavy atom. The molecule has 1 amide bonds. The molecule has 0 aromatic carbocycles. The molecular weight excluding hydrogens is 196 g/mol. The summed E-state index contributed by atoms with van der Waals surface area (Å²) in [6.07, 6.45) is 5.93. The van der Waals surface area contributed by atoms with Gasteiger partial charge in [0.2, 0.25) is 5.91 Å². The van der Waals surface area contributed by atoms with Crippen LogP contribution in [0.5, 0.6) is 0 Å². The van der Waals surface area contributed by atoms with Crippen molar-refractivity contribution in [1.29, 1.82) is 0 Å². The Kier molecular flexibility index (Phi) is 5.33. The standard InChI is InChI=1S/C10H20N2OS/c1-14-7-3-2-4-10(13)12-6-5-9(11)8-12/h9H,2-8,11H2,1H3/t9-/m1/s1. The van der Waals surface area contributed by atoms with E-state index in [4.69, 9.17) is 5.73 Å². The van der Waals surface area contributed by atoms with Crippen LogP contribution in [0.1, 0.15) is 25.7 Å². The first-order valence-electron chi connectivity index (χ1n) is 5.26. The highest BCUT2D eigenvalue weighted by Crippen LogP contribution is 2.10. The van der Waals surface area contributed by atoms with E-state index in [0.717, 1.165) is 38.1 Å². The van der Waals surface area contributed by atoms with Gasteiger partial charge in [0.25, 0.3) is 0 Å². The van der Waals surface area contributed by atoms with Crippen LogP contribution in [0.25, 0.3) is 0 Å². The van der Waals surface area contributed by atoms with Crippen molar-refractivity contribution < 1.29 is 4.79 Å². The lowest BCUT2D eigenvalue weighted by Crippen LogP contribution is -2.31. The molecule has 1 aliphatic rings. The molecule has 1 saturated heterocycles. The average Bonchev–Trinajstić information content (AvgIpc) is 2.59. The fourth-order valence-corrected chi connectivity index (χ4v) is 2.19. The first-order chi connectivity index (χ1) is 6.74. The van der Waals surface area contributed by atoms with E-state index in [-0.39, 0.29) is 6.04 Å². The summed E-state index contributed by atoms with van der Waals surface area (Å²) in [6.45, 7) is 1.63. The van der Waals surface area contributed by atoms with Gasteiger partial charge in [0.05, 0.1) is 0 Å². The van der Waals surface area contributed by atoms with E-state index in [1.165, 1.54) is 0 Å². The van der Waals surface area contributed by atoms with Gasteiger partial charge in [0.1, 0.15) is 0 Å². The molecule has 2 N–H and O–H groups in total. The van der Waals surface area contributed by atoms with Crippen molar-refractivity contribution in [2.45, 2.75) is 31.7 Å². The molecule has 0 unspecified atom stereocenters. The zero-order valence-corrected chi connectivity index (χ0v) is 9.68. The van der Waals surface area contributed by atoms with Gasteiger partial charge in [-0.15, -0.1) is 0 Å². The van der Waals surface area contributed by atoms with Crippen LogP contribution in [0.2, 0.25) is 0 Å². The van der Waals surface area contributed by atoms with Crippen molar-refractivity contribution in [2.75, 3.05) is 25.1 Å². The first-order valence-corrected chi connectivity index (χ1v) is 6.65. The second kappa shape index (κ2) is 6.30. The molecular formula is C10H20N2OS. The van der Waals surface area contributed by atoms with E-state index in [0.29, 0.717) is 12.3 Å². The molecule has 1 aliphatic heterocycles. The number of amides is 1. The second-order valence-electron chi connectivity index (χ2n) is 3.84. The molecule has 0 aromatic heterocycles. The van der Waals surface area contributed by atoms with Gasteiger partial charge in [0, 0.05) is 25.6 Å². The number of nitrogens with zero attached hydrogens (tertiary/aromatic N) is 1. The minimum atomic E-state index is 0.213. The Labute approximate surface area is 90.4 Å². The summed E-state index contributed by atoms with van der Waals surface area (Å²) in [5.41, 5.74) is 5.74. The van der Waals surface area contributed by atoms with Gasteiger partial charge < -0.3 is 10.6 Å². The van der Waals surface area contributed by atoms with Gasteiger partial charge in [-0.2, -0.15) is 11.8 Å². The lowest BCUT2D eigenvalue weighted by atomic mass is 10.2. The highest BCUT2D eigenvalue weighted by molar-refractivity contribution is 7.98. The number of carbonyl (C=O) groups excluding carboxylic acids is 1. The van der Waals surface area contributed by atoms with Crippen LogP contribution in [0, 0.1) is 0 Å². The van der Waals surface area contributed by atoms with E-state index in [9.17, 15) is 4.79 Å². The van der Waals surface area contributed by atoms with E-state index in [1.54, 1.807) is 0 Å². The number of carbonyl (C=O) groups is 1. The van der Waals surface area contributed by atoms with Crippen LogP contribution in [0.3, 0.4) is 0 Å². The van der Waals surface area contributed by atoms with Crippen molar-refractivity contribution in [3.05, 3.63) is 0 Å². The van der Waals surface area contributed by atoms with E-state index < -0.39 is 0 Å². The molecule has 0 radical (unpaired) electrons. The molecule has 3 nitrogen and oxygen atoms in total. The van der Waals surface area contributed by atoms with Gasteiger partial charge in [-0.25, -0.2) is 0 Å². The van der Waals surface area contributed by atoms with Crippen molar-refractivity contribution in [1.82, 2.24) is 4.90 Å². The lowest BCUT2D eigenvalue weighted by Gasteiger charge is -2.15. The van der Waals surface area contributed by atoms with Crippen LogP contribution in [0.15, 0.2) is 0 Å². The third kappa shape index (κ3) is 3.88. The normalized spacial score (nSPS) is 21.6. The van der Waals surface area contributed by atoms with Crippen molar-refractivity contribution in [3.63, 3.8) is 0 Å². The Bertz CT molecular complexity index is 187. The molecule has 1 heterocycles. The molecule has 0 aliphatic carbocycles. The fourth-order valence-electron chi connectivity index (χ4n) is 1.69. The van der Waals surface area contributed by atoms with Gasteiger partial charge in [-0.3, -0.25) is 4.79 Å². The SMILES string of the molecule is CSCCCCC(=O)N1CC[C@@H](N)C1. The maximum Gasteiger partial charge on any atom is 0.222 e. The number of hydrogen-bond acceptors (Lipinski definition) is 3.